The number of nitrogen functional groups attached to an aromatic ring is 1. The van der Waals surface area contributed by atoms with Gasteiger partial charge in [0, 0.05) is 24.2 Å². The number of carbonyl (C=O) groups excluding carboxylic acids is 2. The van der Waals surface area contributed by atoms with E-state index in [2.05, 4.69) is 4.98 Å². The molecule has 9 nitrogen and oxygen atoms in total. The Balaban J connectivity index is 2.61. The van der Waals surface area contributed by atoms with Gasteiger partial charge in [0.15, 0.2) is 5.69 Å². The quantitative estimate of drug-likeness (QED) is 0.571. The van der Waals surface area contributed by atoms with Crippen molar-refractivity contribution in [3.63, 3.8) is 0 Å². The van der Waals surface area contributed by atoms with E-state index in [-0.39, 0.29) is 35.1 Å². The van der Waals surface area contributed by atoms with Crippen LogP contribution in [0.3, 0.4) is 0 Å². The average molecular weight is 415 g/mol. The summed E-state index contributed by atoms with van der Waals surface area (Å²) in [6, 6.07) is 5.96. The van der Waals surface area contributed by atoms with E-state index in [1.807, 2.05) is 20.8 Å². The number of rotatable bonds is 9. The molecule has 0 aliphatic heterocycles. The summed E-state index contributed by atoms with van der Waals surface area (Å²) in [5.41, 5.74) is 10.5. The van der Waals surface area contributed by atoms with Gasteiger partial charge in [0.05, 0.1) is 0 Å². The number of hydrogen-bond donors (Lipinski definition) is 3. The molecule has 0 aliphatic rings. The first-order chi connectivity index (χ1) is 14.2. The number of anilines is 2. The summed E-state index contributed by atoms with van der Waals surface area (Å²) in [6.45, 7) is 6.50. The Morgan fingerprint density at radius 2 is 1.87 bits per heavy atom. The molecule has 9 heteroatoms. The molecule has 2 aromatic rings. The lowest BCUT2D eigenvalue weighted by atomic mass is 10.1. The molecule has 30 heavy (non-hydrogen) atoms. The summed E-state index contributed by atoms with van der Waals surface area (Å²) in [5, 5.41) is 0. The van der Waals surface area contributed by atoms with Crippen LogP contribution in [-0.2, 0) is 6.54 Å². The number of hydrogen-bond acceptors (Lipinski definition) is 5. The van der Waals surface area contributed by atoms with E-state index in [0.717, 1.165) is 6.42 Å². The van der Waals surface area contributed by atoms with Crippen molar-refractivity contribution >= 4 is 23.3 Å². The lowest BCUT2D eigenvalue weighted by Crippen LogP contribution is -2.42. The fourth-order valence-electron chi connectivity index (χ4n) is 3.04. The summed E-state index contributed by atoms with van der Waals surface area (Å²) < 4.78 is 1.27. The van der Waals surface area contributed by atoms with Gasteiger partial charge in [0.2, 0.25) is 5.91 Å². The molecule has 0 atom stereocenters. The highest BCUT2D eigenvalue weighted by molar-refractivity contribution is 6.08. The molecular formula is C21H29N5O4. The molecule has 0 saturated heterocycles. The molecule has 1 aromatic heterocycles. The number of nitrogens with one attached hydrogen (secondary N) is 1. The van der Waals surface area contributed by atoms with Crippen LogP contribution in [0.15, 0.2) is 33.9 Å². The molecule has 1 heterocycles. The largest absolute Gasteiger partial charge is 0.383 e. The van der Waals surface area contributed by atoms with Crippen molar-refractivity contribution in [2.24, 2.45) is 11.7 Å². The third kappa shape index (κ3) is 5.16. The van der Waals surface area contributed by atoms with Gasteiger partial charge in [-0.2, -0.15) is 0 Å². The van der Waals surface area contributed by atoms with Crippen LogP contribution < -0.4 is 27.6 Å². The van der Waals surface area contributed by atoms with E-state index >= 15 is 0 Å². The van der Waals surface area contributed by atoms with Gasteiger partial charge in [0.25, 0.3) is 11.5 Å². The highest BCUT2D eigenvalue weighted by atomic mass is 16.2. The van der Waals surface area contributed by atoms with E-state index in [1.54, 1.807) is 6.07 Å². The molecule has 0 spiro atoms. The number of carbonyl (C=O) groups is 2. The first kappa shape index (κ1) is 22.9. The number of unbranched alkanes of at least 4 members (excludes halogenated alkanes) is 1. The van der Waals surface area contributed by atoms with Gasteiger partial charge in [0.1, 0.15) is 5.82 Å². The number of H-pyrrole nitrogens is 1. The summed E-state index contributed by atoms with van der Waals surface area (Å²) in [7, 11) is 0. The minimum Gasteiger partial charge on any atom is -0.383 e. The summed E-state index contributed by atoms with van der Waals surface area (Å²) in [4.78, 5) is 53.3. The average Bonchev–Trinajstić information content (AvgIpc) is 2.69. The third-order valence-electron chi connectivity index (χ3n) is 4.79. The maximum Gasteiger partial charge on any atom is 0.330 e. The Morgan fingerprint density at radius 3 is 2.47 bits per heavy atom. The molecule has 0 fully saturated rings. The smallest absolute Gasteiger partial charge is 0.330 e. The molecule has 0 bridgehead atoms. The summed E-state index contributed by atoms with van der Waals surface area (Å²) in [6.07, 6.45) is 2.13. The van der Waals surface area contributed by atoms with Gasteiger partial charge in [-0.25, -0.2) is 4.79 Å². The predicted molar refractivity (Wildman–Crippen MR) is 117 cm³/mol. The van der Waals surface area contributed by atoms with Crippen molar-refractivity contribution in [3.05, 3.63) is 56.2 Å². The maximum atomic E-state index is 13.3. The molecule has 0 unspecified atom stereocenters. The van der Waals surface area contributed by atoms with Crippen LogP contribution in [0.2, 0.25) is 0 Å². The fraction of sp³-hybridized carbons (Fsp3) is 0.429. The number of benzene rings is 1. The summed E-state index contributed by atoms with van der Waals surface area (Å²) >= 11 is 0. The second-order valence-electron chi connectivity index (χ2n) is 7.58. The Kier molecular flexibility index (Phi) is 7.57. The van der Waals surface area contributed by atoms with Gasteiger partial charge in [-0.05, 0) is 37.0 Å². The van der Waals surface area contributed by atoms with Crippen molar-refractivity contribution in [1.82, 2.24) is 9.55 Å². The van der Waals surface area contributed by atoms with Gasteiger partial charge in [-0.3, -0.25) is 23.9 Å². The monoisotopic (exact) mass is 415 g/mol. The number of amides is 2. The molecule has 2 amide bonds. The second-order valence-corrected chi connectivity index (χ2v) is 7.58. The second kappa shape index (κ2) is 9.91. The minimum atomic E-state index is -0.728. The first-order valence-electron chi connectivity index (χ1n) is 10.0. The normalized spacial score (nSPS) is 10.9. The lowest BCUT2D eigenvalue weighted by Gasteiger charge is -2.25. The highest BCUT2D eigenvalue weighted by Gasteiger charge is 2.25. The van der Waals surface area contributed by atoms with Crippen molar-refractivity contribution < 1.29 is 9.59 Å². The molecule has 2 rings (SSSR count). The molecule has 0 radical (unpaired) electrons. The van der Waals surface area contributed by atoms with Crippen LogP contribution in [0.1, 0.15) is 60.7 Å². The molecule has 5 N–H and O–H groups in total. The summed E-state index contributed by atoms with van der Waals surface area (Å²) in [5.74, 6) is -0.968. The van der Waals surface area contributed by atoms with Crippen LogP contribution in [-0.4, -0.2) is 27.9 Å². The van der Waals surface area contributed by atoms with Crippen LogP contribution in [0.25, 0.3) is 0 Å². The fourth-order valence-corrected chi connectivity index (χ4v) is 3.04. The van der Waals surface area contributed by atoms with Crippen molar-refractivity contribution in [2.75, 3.05) is 17.2 Å². The molecule has 0 saturated carbocycles. The van der Waals surface area contributed by atoms with E-state index < -0.39 is 23.1 Å². The van der Waals surface area contributed by atoms with E-state index in [1.165, 1.54) is 27.7 Å². The van der Waals surface area contributed by atoms with Crippen molar-refractivity contribution in [3.8, 4) is 0 Å². The third-order valence-corrected chi connectivity index (χ3v) is 4.79. The van der Waals surface area contributed by atoms with Crippen LogP contribution in [0.5, 0.6) is 0 Å². The molecular weight excluding hydrogens is 386 g/mol. The van der Waals surface area contributed by atoms with Crippen LogP contribution in [0.4, 0.5) is 11.5 Å². The Bertz CT molecular complexity index is 1040. The van der Waals surface area contributed by atoms with Gasteiger partial charge >= 0.3 is 5.69 Å². The Hall–Kier alpha value is -3.36. The minimum absolute atomic E-state index is 0.0552. The first-order valence-corrected chi connectivity index (χ1v) is 10.0. The highest BCUT2D eigenvalue weighted by Crippen LogP contribution is 2.21. The number of nitrogens with two attached hydrogens (primary N) is 2. The topological polar surface area (TPSA) is 144 Å². The number of primary amides is 1. The Labute approximate surface area is 174 Å². The van der Waals surface area contributed by atoms with Crippen LogP contribution >= 0.6 is 0 Å². The van der Waals surface area contributed by atoms with Crippen molar-refractivity contribution in [1.29, 1.82) is 0 Å². The standard InChI is InChI=1S/C21H29N5O4/c1-4-5-10-26-17(22)16(19(28)24-21(26)30)25(11-9-13(2)3)20(29)15-8-6-7-14(12-15)18(23)27/h6-8,12-13H,4-5,9-11,22H2,1-3H3,(H2,23,27)(H,24,28,30). The number of aromatic amines is 1. The van der Waals surface area contributed by atoms with E-state index in [0.29, 0.717) is 19.4 Å². The predicted octanol–water partition coefficient (Wildman–Crippen LogP) is 1.71. The SMILES string of the molecule is CCCCn1c(N)c(N(CCC(C)C)C(=O)c2cccc(C(N)=O)c2)c(=O)[nH]c1=O. The zero-order chi connectivity index (χ0) is 22.4. The zero-order valence-electron chi connectivity index (χ0n) is 17.6. The number of nitrogens with zero attached hydrogens (tertiary/aromatic N) is 2. The van der Waals surface area contributed by atoms with Crippen LogP contribution in [0, 0.1) is 5.92 Å². The number of aromatic nitrogens is 2. The maximum absolute atomic E-state index is 13.3. The van der Waals surface area contributed by atoms with Gasteiger partial charge < -0.3 is 16.4 Å². The van der Waals surface area contributed by atoms with E-state index in [4.69, 9.17) is 11.5 Å². The van der Waals surface area contributed by atoms with Gasteiger partial charge in [-0.1, -0.05) is 33.3 Å². The van der Waals surface area contributed by atoms with Gasteiger partial charge in [-0.15, -0.1) is 0 Å². The Morgan fingerprint density at radius 1 is 1.20 bits per heavy atom. The lowest BCUT2D eigenvalue weighted by molar-refractivity contribution is 0.0985. The molecule has 162 valence electrons. The zero-order valence-corrected chi connectivity index (χ0v) is 17.6. The van der Waals surface area contributed by atoms with Crippen molar-refractivity contribution in [2.45, 2.75) is 46.6 Å². The van der Waals surface area contributed by atoms with E-state index in [9.17, 15) is 19.2 Å². The molecule has 1 aromatic carbocycles. The molecule has 0 aliphatic carbocycles.